The normalized spacial score (nSPS) is 19.7. The molecule has 0 aromatic carbocycles. The van der Waals surface area contributed by atoms with E-state index in [1.54, 1.807) is 4.90 Å². The van der Waals surface area contributed by atoms with E-state index in [0.29, 0.717) is 26.2 Å². The highest BCUT2D eigenvalue weighted by atomic mass is 16.5. The van der Waals surface area contributed by atoms with Gasteiger partial charge in [-0.15, -0.1) is 12.3 Å². The maximum absolute atomic E-state index is 12.4. The van der Waals surface area contributed by atoms with Crippen molar-refractivity contribution < 1.29 is 19.1 Å². The summed E-state index contributed by atoms with van der Waals surface area (Å²) in [6.07, 6.45) is 8.67. The van der Waals surface area contributed by atoms with Crippen LogP contribution in [0.15, 0.2) is 5.11 Å². The first kappa shape index (κ1) is 19.8. The second-order valence-corrected chi connectivity index (χ2v) is 5.60. The molecule has 0 bridgehead atoms. The van der Waals surface area contributed by atoms with Crippen LogP contribution in [0, 0.1) is 12.3 Å². The highest BCUT2D eigenvalue weighted by Gasteiger charge is 2.28. The highest BCUT2D eigenvalue weighted by molar-refractivity contribution is 5.80. The van der Waals surface area contributed by atoms with Gasteiger partial charge >= 0.3 is 5.97 Å². The fourth-order valence-corrected chi connectivity index (χ4v) is 2.71. The zero-order chi connectivity index (χ0) is 17.8. The standard InChI is InChI=1S/C16H24N4O4/c1-3-4-10-23-11-9-20(16(22)12-24-13(2)21)15-7-5-14(6-8-15)18-19-17/h1,14-15H,4-12H2,2H3. The minimum atomic E-state index is -0.486. The Labute approximate surface area is 142 Å². The van der Waals surface area contributed by atoms with Gasteiger partial charge in [0.1, 0.15) is 0 Å². The largest absolute Gasteiger partial charge is 0.456 e. The Morgan fingerprint density at radius 3 is 2.62 bits per heavy atom. The van der Waals surface area contributed by atoms with Crippen molar-refractivity contribution in [3.8, 4) is 12.3 Å². The van der Waals surface area contributed by atoms with Gasteiger partial charge in [0.2, 0.25) is 0 Å². The summed E-state index contributed by atoms with van der Waals surface area (Å²) in [5, 5.41) is 3.74. The van der Waals surface area contributed by atoms with Crippen LogP contribution in [0.2, 0.25) is 0 Å². The Hall–Kier alpha value is -2.23. The zero-order valence-electron chi connectivity index (χ0n) is 14.0. The predicted molar refractivity (Wildman–Crippen MR) is 87.8 cm³/mol. The fraction of sp³-hybridized carbons (Fsp3) is 0.750. The first-order chi connectivity index (χ1) is 11.6. The average Bonchev–Trinajstić information content (AvgIpc) is 2.57. The Bertz CT molecular complexity index is 503. The molecule has 0 unspecified atom stereocenters. The van der Waals surface area contributed by atoms with Gasteiger partial charge in [-0.3, -0.25) is 9.59 Å². The van der Waals surface area contributed by atoms with E-state index in [-0.39, 0.29) is 24.6 Å². The quantitative estimate of drug-likeness (QED) is 0.160. The third-order valence-electron chi connectivity index (χ3n) is 3.91. The van der Waals surface area contributed by atoms with Gasteiger partial charge in [0, 0.05) is 36.9 Å². The summed E-state index contributed by atoms with van der Waals surface area (Å²) in [6, 6.07) is 0.0259. The van der Waals surface area contributed by atoms with Crippen molar-refractivity contribution in [2.75, 3.05) is 26.4 Å². The van der Waals surface area contributed by atoms with Gasteiger partial charge < -0.3 is 14.4 Å². The lowest BCUT2D eigenvalue weighted by atomic mass is 9.90. The van der Waals surface area contributed by atoms with E-state index in [1.165, 1.54) is 6.92 Å². The molecule has 1 rings (SSSR count). The number of rotatable bonds is 9. The summed E-state index contributed by atoms with van der Waals surface area (Å²) < 4.78 is 10.2. The molecule has 0 atom stereocenters. The van der Waals surface area contributed by atoms with E-state index in [4.69, 9.17) is 21.4 Å². The number of hydrogen-bond donors (Lipinski definition) is 0. The summed E-state index contributed by atoms with van der Waals surface area (Å²) in [5.41, 5.74) is 8.51. The van der Waals surface area contributed by atoms with Crippen LogP contribution in [0.3, 0.4) is 0 Å². The number of nitrogens with zero attached hydrogens (tertiary/aromatic N) is 4. The smallest absolute Gasteiger partial charge is 0.303 e. The molecule has 8 heteroatoms. The molecule has 132 valence electrons. The van der Waals surface area contributed by atoms with Gasteiger partial charge in [-0.2, -0.15) is 0 Å². The lowest BCUT2D eigenvalue weighted by molar-refractivity contribution is -0.152. The highest BCUT2D eigenvalue weighted by Crippen LogP contribution is 2.25. The Morgan fingerprint density at radius 2 is 2.04 bits per heavy atom. The molecule has 0 saturated heterocycles. The number of ether oxygens (including phenoxy) is 2. The third kappa shape index (κ3) is 7.36. The Morgan fingerprint density at radius 1 is 1.33 bits per heavy atom. The molecule has 0 radical (unpaired) electrons. The summed E-state index contributed by atoms with van der Waals surface area (Å²) in [7, 11) is 0. The van der Waals surface area contributed by atoms with Gasteiger partial charge in [0.05, 0.1) is 13.2 Å². The van der Waals surface area contributed by atoms with Gasteiger partial charge in [0.25, 0.3) is 5.91 Å². The van der Waals surface area contributed by atoms with Crippen LogP contribution in [0.5, 0.6) is 0 Å². The third-order valence-corrected chi connectivity index (χ3v) is 3.91. The fourth-order valence-electron chi connectivity index (χ4n) is 2.71. The second-order valence-electron chi connectivity index (χ2n) is 5.60. The van der Waals surface area contributed by atoms with Gasteiger partial charge in [-0.25, -0.2) is 0 Å². The molecule has 8 nitrogen and oxygen atoms in total. The molecule has 0 aromatic heterocycles. The van der Waals surface area contributed by atoms with Gasteiger partial charge in [-0.1, -0.05) is 5.11 Å². The Kier molecular flexibility index (Phi) is 9.35. The van der Waals surface area contributed by atoms with Crippen LogP contribution >= 0.6 is 0 Å². The first-order valence-corrected chi connectivity index (χ1v) is 8.06. The summed E-state index contributed by atoms with van der Waals surface area (Å²) >= 11 is 0. The predicted octanol–water partition coefficient (Wildman–Crippen LogP) is 2.04. The molecule has 0 spiro atoms. The summed E-state index contributed by atoms with van der Waals surface area (Å²) in [6.45, 7) is 2.25. The lowest BCUT2D eigenvalue weighted by Crippen LogP contribution is -2.46. The molecule has 0 N–H and O–H groups in total. The SMILES string of the molecule is C#CCCOCCN(C(=O)COC(C)=O)C1CCC(N=[N+]=[N-])CC1. The molecule has 0 aliphatic heterocycles. The number of esters is 1. The van der Waals surface area contributed by atoms with E-state index < -0.39 is 5.97 Å². The number of amides is 1. The maximum Gasteiger partial charge on any atom is 0.303 e. The average molecular weight is 336 g/mol. The second kappa shape index (κ2) is 11.3. The number of terminal acetylenes is 1. The van der Waals surface area contributed by atoms with Gasteiger partial charge in [-0.05, 0) is 31.2 Å². The topological polar surface area (TPSA) is 105 Å². The van der Waals surface area contributed by atoms with Crippen LogP contribution in [-0.4, -0.2) is 55.2 Å². The number of carbonyl (C=O) groups excluding carboxylic acids is 2. The van der Waals surface area contributed by atoms with Crippen LogP contribution in [-0.2, 0) is 19.1 Å². The van der Waals surface area contributed by atoms with E-state index in [9.17, 15) is 9.59 Å². The molecule has 0 aromatic rings. The van der Waals surface area contributed by atoms with Crippen molar-refractivity contribution in [1.82, 2.24) is 4.90 Å². The zero-order valence-corrected chi connectivity index (χ0v) is 14.0. The van der Waals surface area contributed by atoms with Crippen molar-refractivity contribution in [3.63, 3.8) is 0 Å². The molecule has 1 aliphatic carbocycles. The summed E-state index contributed by atoms with van der Waals surface area (Å²) in [4.78, 5) is 27.8. The summed E-state index contributed by atoms with van der Waals surface area (Å²) in [5.74, 6) is 1.77. The maximum atomic E-state index is 12.4. The molecule has 1 saturated carbocycles. The van der Waals surface area contributed by atoms with Crippen molar-refractivity contribution in [1.29, 1.82) is 0 Å². The van der Waals surface area contributed by atoms with E-state index in [2.05, 4.69) is 15.9 Å². The molecular formula is C16H24N4O4. The minimum absolute atomic E-state index is 0.0106. The van der Waals surface area contributed by atoms with Crippen LogP contribution < -0.4 is 0 Å². The van der Waals surface area contributed by atoms with Crippen molar-refractivity contribution in [2.45, 2.75) is 51.1 Å². The molecule has 24 heavy (non-hydrogen) atoms. The van der Waals surface area contributed by atoms with E-state index in [1.807, 2.05) is 0 Å². The first-order valence-electron chi connectivity index (χ1n) is 8.06. The number of azide groups is 1. The van der Waals surface area contributed by atoms with Crippen LogP contribution in [0.4, 0.5) is 0 Å². The molecule has 1 amide bonds. The molecule has 1 aliphatic rings. The van der Waals surface area contributed by atoms with Crippen molar-refractivity contribution in [3.05, 3.63) is 10.4 Å². The van der Waals surface area contributed by atoms with Crippen molar-refractivity contribution >= 4 is 11.9 Å². The minimum Gasteiger partial charge on any atom is -0.456 e. The van der Waals surface area contributed by atoms with Crippen molar-refractivity contribution in [2.24, 2.45) is 5.11 Å². The Balaban J connectivity index is 2.56. The molecule has 1 fully saturated rings. The van der Waals surface area contributed by atoms with Crippen LogP contribution in [0.1, 0.15) is 39.0 Å². The van der Waals surface area contributed by atoms with E-state index >= 15 is 0 Å². The molecular weight excluding hydrogens is 312 g/mol. The molecule has 0 heterocycles. The monoisotopic (exact) mass is 336 g/mol. The number of carbonyl (C=O) groups is 2. The number of hydrogen-bond acceptors (Lipinski definition) is 5. The van der Waals surface area contributed by atoms with E-state index in [0.717, 1.165) is 25.7 Å². The van der Waals surface area contributed by atoms with Gasteiger partial charge in [0.15, 0.2) is 6.61 Å². The lowest BCUT2D eigenvalue weighted by Gasteiger charge is -2.35. The van der Waals surface area contributed by atoms with Crippen LogP contribution in [0.25, 0.3) is 10.4 Å².